The molecule has 104 valence electrons. The maximum atomic E-state index is 12.2. The Morgan fingerprint density at radius 2 is 2.11 bits per heavy atom. The van der Waals surface area contributed by atoms with Crippen LogP contribution in [0.1, 0.15) is 52.4 Å². The van der Waals surface area contributed by atoms with Gasteiger partial charge in [-0.3, -0.25) is 9.59 Å². The molecule has 1 aliphatic heterocycles. The molecule has 0 aromatic carbocycles. The molecule has 4 heteroatoms. The van der Waals surface area contributed by atoms with Gasteiger partial charge in [-0.15, -0.1) is 0 Å². The van der Waals surface area contributed by atoms with Crippen molar-refractivity contribution in [3.63, 3.8) is 0 Å². The highest BCUT2D eigenvalue weighted by Crippen LogP contribution is 2.22. The fourth-order valence-corrected chi connectivity index (χ4v) is 2.38. The maximum Gasteiger partial charge on any atom is 0.307 e. The molecular weight excluding hydrogens is 230 g/mol. The van der Waals surface area contributed by atoms with Gasteiger partial charge in [0.25, 0.3) is 0 Å². The van der Waals surface area contributed by atoms with Crippen LogP contribution >= 0.6 is 0 Å². The number of methoxy groups -OCH3 is 1. The van der Waals surface area contributed by atoms with E-state index in [0.717, 1.165) is 32.2 Å². The van der Waals surface area contributed by atoms with Crippen molar-refractivity contribution in [2.45, 2.75) is 58.4 Å². The quantitative estimate of drug-likeness (QED) is 0.708. The summed E-state index contributed by atoms with van der Waals surface area (Å²) in [5.74, 6) is 0.388. The number of hydrogen-bond acceptors (Lipinski definition) is 3. The number of hydrogen-bond donors (Lipinski definition) is 0. The third-order valence-electron chi connectivity index (χ3n) is 3.80. The predicted molar refractivity (Wildman–Crippen MR) is 70.1 cm³/mol. The molecule has 4 nitrogen and oxygen atoms in total. The second-order valence-corrected chi connectivity index (χ2v) is 5.23. The van der Waals surface area contributed by atoms with Crippen molar-refractivity contribution in [1.82, 2.24) is 4.90 Å². The van der Waals surface area contributed by atoms with Gasteiger partial charge in [-0.1, -0.05) is 20.3 Å². The van der Waals surface area contributed by atoms with Crippen molar-refractivity contribution in [2.75, 3.05) is 13.7 Å². The minimum Gasteiger partial charge on any atom is -0.469 e. The summed E-state index contributed by atoms with van der Waals surface area (Å²) in [5.41, 5.74) is 0. The van der Waals surface area contributed by atoms with Gasteiger partial charge in [-0.25, -0.2) is 0 Å². The third kappa shape index (κ3) is 4.31. The van der Waals surface area contributed by atoms with Crippen LogP contribution in [0, 0.1) is 5.92 Å². The van der Waals surface area contributed by atoms with E-state index in [1.807, 2.05) is 4.90 Å². The number of amides is 1. The van der Waals surface area contributed by atoms with E-state index >= 15 is 0 Å². The van der Waals surface area contributed by atoms with Crippen LogP contribution in [0.25, 0.3) is 0 Å². The molecule has 2 atom stereocenters. The molecule has 0 aromatic rings. The fraction of sp³-hybridized carbons (Fsp3) is 0.857. The van der Waals surface area contributed by atoms with Gasteiger partial charge in [-0.2, -0.15) is 0 Å². The van der Waals surface area contributed by atoms with E-state index in [1.165, 1.54) is 7.11 Å². The lowest BCUT2D eigenvalue weighted by Gasteiger charge is -2.35. The molecule has 0 spiro atoms. The third-order valence-corrected chi connectivity index (χ3v) is 3.80. The predicted octanol–water partition coefficient (Wildman–Crippen LogP) is 2.37. The molecule has 1 heterocycles. The van der Waals surface area contributed by atoms with Gasteiger partial charge in [0.2, 0.25) is 5.91 Å². The number of carbonyl (C=O) groups is 2. The first-order valence-corrected chi connectivity index (χ1v) is 6.94. The molecule has 1 amide bonds. The molecule has 1 rings (SSSR count). The van der Waals surface area contributed by atoms with Crippen LogP contribution in [0.5, 0.6) is 0 Å². The Balaban J connectivity index is 2.58. The Bertz CT molecular complexity index is 291. The van der Waals surface area contributed by atoms with Crippen LogP contribution in [0.2, 0.25) is 0 Å². The van der Waals surface area contributed by atoms with E-state index in [2.05, 4.69) is 13.8 Å². The Hall–Kier alpha value is -1.06. The van der Waals surface area contributed by atoms with Crippen molar-refractivity contribution < 1.29 is 14.3 Å². The summed E-state index contributed by atoms with van der Waals surface area (Å²) in [7, 11) is 1.40. The van der Waals surface area contributed by atoms with E-state index < -0.39 is 0 Å². The minimum absolute atomic E-state index is 0.0442. The van der Waals surface area contributed by atoms with E-state index in [-0.39, 0.29) is 17.9 Å². The van der Waals surface area contributed by atoms with Crippen LogP contribution in [-0.2, 0) is 14.3 Å². The monoisotopic (exact) mass is 255 g/mol. The van der Waals surface area contributed by atoms with E-state index in [9.17, 15) is 9.59 Å². The largest absolute Gasteiger partial charge is 0.469 e. The van der Waals surface area contributed by atoms with E-state index in [4.69, 9.17) is 4.74 Å². The molecule has 2 unspecified atom stereocenters. The van der Waals surface area contributed by atoms with Crippen molar-refractivity contribution >= 4 is 11.9 Å². The summed E-state index contributed by atoms with van der Waals surface area (Å²) in [6, 6.07) is 0.0442. The molecular formula is C14H25NO3. The van der Waals surface area contributed by atoms with Gasteiger partial charge in [0.05, 0.1) is 13.5 Å². The summed E-state index contributed by atoms with van der Waals surface area (Å²) in [6.07, 6.45) is 5.00. The second kappa shape index (κ2) is 7.39. The van der Waals surface area contributed by atoms with Crippen molar-refractivity contribution in [2.24, 2.45) is 5.92 Å². The summed E-state index contributed by atoms with van der Waals surface area (Å²) in [6.45, 7) is 4.98. The van der Waals surface area contributed by atoms with Gasteiger partial charge in [0.15, 0.2) is 0 Å². The van der Waals surface area contributed by atoms with Crippen LogP contribution in [0.3, 0.4) is 0 Å². The first kappa shape index (κ1) is 15.0. The summed E-state index contributed by atoms with van der Waals surface area (Å²) < 4.78 is 4.71. The number of nitrogens with zero attached hydrogens (tertiary/aromatic N) is 1. The topological polar surface area (TPSA) is 46.6 Å². The average Bonchev–Trinajstić information content (AvgIpc) is 2.38. The number of rotatable bonds is 5. The molecule has 1 fully saturated rings. The summed E-state index contributed by atoms with van der Waals surface area (Å²) >= 11 is 0. The molecule has 0 saturated carbocycles. The Morgan fingerprint density at radius 1 is 1.39 bits per heavy atom. The van der Waals surface area contributed by atoms with Gasteiger partial charge < -0.3 is 9.64 Å². The van der Waals surface area contributed by atoms with Crippen molar-refractivity contribution in [3.05, 3.63) is 0 Å². The van der Waals surface area contributed by atoms with Crippen LogP contribution < -0.4 is 0 Å². The summed E-state index contributed by atoms with van der Waals surface area (Å²) in [4.78, 5) is 25.5. The molecule has 1 saturated heterocycles. The van der Waals surface area contributed by atoms with Gasteiger partial charge >= 0.3 is 5.97 Å². The number of ether oxygens (including phenoxy) is 1. The Labute approximate surface area is 110 Å². The number of likely N-dealkylation sites (tertiary alicyclic amines) is 1. The molecule has 0 bridgehead atoms. The second-order valence-electron chi connectivity index (χ2n) is 5.23. The zero-order chi connectivity index (χ0) is 13.5. The number of carbonyl (C=O) groups excluding carboxylic acids is 2. The van der Waals surface area contributed by atoms with Gasteiger partial charge in [-0.05, 0) is 25.2 Å². The zero-order valence-electron chi connectivity index (χ0n) is 11.8. The maximum absolute atomic E-state index is 12.2. The molecule has 0 aliphatic carbocycles. The fourth-order valence-electron chi connectivity index (χ4n) is 2.38. The van der Waals surface area contributed by atoms with Gasteiger partial charge in [0.1, 0.15) is 0 Å². The lowest BCUT2D eigenvalue weighted by Crippen LogP contribution is -2.45. The van der Waals surface area contributed by atoms with E-state index in [1.54, 1.807) is 0 Å². The molecule has 1 aliphatic rings. The Morgan fingerprint density at radius 3 is 2.72 bits per heavy atom. The first-order chi connectivity index (χ1) is 8.58. The standard InChI is InChI=1S/C14H25NO3/c1-4-11(2)9-13(16)15-8-6-5-7-12(15)10-14(17)18-3/h11-12H,4-10H2,1-3H3. The Kier molecular flexibility index (Phi) is 6.16. The normalized spacial score (nSPS) is 21.5. The van der Waals surface area contributed by atoms with Gasteiger partial charge in [0, 0.05) is 19.0 Å². The minimum atomic E-state index is -0.219. The zero-order valence-corrected chi connectivity index (χ0v) is 11.8. The lowest BCUT2D eigenvalue weighted by atomic mass is 9.97. The van der Waals surface area contributed by atoms with Crippen LogP contribution in [0.15, 0.2) is 0 Å². The highest BCUT2D eigenvalue weighted by molar-refractivity contribution is 5.78. The van der Waals surface area contributed by atoms with Crippen molar-refractivity contribution in [1.29, 1.82) is 0 Å². The smallest absolute Gasteiger partial charge is 0.307 e. The molecule has 18 heavy (non-hydrogen) atoms. The molecule has 0 N–H and O–H groups in total. The highest BCUT2D eigenvalue weighted by Gasteiger charge is 2.29. The van der Waals surface area contributed by atoms with Crippen LogP contribution in [-0.4, -0.2) is 36.5 Å². The van der Waals surface area contributed by atoms with Crippen molar-refractivity contribution in [3.8, 4) is 0 Å². The number of esters is 1. The first-order valence-electron chi connectivity index (χ1n) is 6.94. The highest BCUT2D eigenvalue weighted by atomic mass is 16.5. The molecule has 0 aromatic heterocycles. The molecule has 0 radical (unpaired) electrons. The lowest BCUT2D eigenvalue weighted by molar-refractivity contribution is -0.144. The SMILES string of the molecule is CCC(C)CC(=O)N1CCCCC1CC(=O)OC. The van der Waals surface area contributed by atoms with Crippen LogP contribution in [0.4, 0.5) is 0 Å². The van der Waals surface area contributed by atoms with E-state index in [0.29, 0.717) is 18.8 Å². The summed E-state index contributed by atoms with van der Waals surface area (Å²) in [5, 5.41) is 0. The average molecular weight is 255 g/mol. The number of piperidine rings is 1.